The van der Waals surface area contributed by atoms with E-state index < -0.39 is 0 Å². The van der Waals surface area contributed by atoms with Gasteiger partial charge in [-0.25, -0.2) is 0 Å². The summed E-state index contributed by atoms with van der Waals surface area (Å²) in [5.74, 6) is 0.00177. The predicted molar refractivity (Wildman–Crippen MR) is 68.3 cm³/mol. The number of carbonyl (C=O) groups excluding carboxylic acids is 1. The zero-order chi connectivity index (χ0) is 12.8. The van der Waals surface area contributed by atoms with Gasteiger partial charge in [-0.15, -0.1) is 0 Å². The lowest BCUT2D eigenvalue weighted by Crippen LogP contribution is -2.34. The van der Waals surface area contributed by atoms with Crippen LogP contribution in [-0.4, -0.2) is 30.1 Å². The first-order chi connectivity index (χ1) is 8.02. The molecule has 0 aliphatic rings. The molecule has 0 atom stereocenters. The van der Waals surface area contributed by atoms with Crippen LogP contribution in [0.25, 0.3) is 0 Å². The van der Waals surface area contributed by atoms with Crippen LogP contribution in [0.1, 0.15) is 29.8 Å². The molecule has 0 radical (unpaired) electrons. The summed E-state index contributed by atoms with van der Waals surface area (Å²) in [6.07, 6.45) is 0. The van der Waals surface area contributed by atoms with Gasteiger partial charge in [-0.3, -0.25) is 4.79 Å². The molecule has 0 saturated heterocycles. The SMILES string of the molecule is Cc1c(O)cccc1C(=O)NCCNC(C)C. The van der Waals surface area contributed by atoms with Crippen LogP contribution in [0.15, 0.2) is 18.2 Å². The lowest BCUT2D eigenvalue weighted by Gasteiger charge is -2.10. The summed E-state index contributed by atoms with van der Waals surface area (Å²) in [5, 5.41) is 15.5. The topological polar surface area (TPSA) is 61.4 Å². The molecule has 0 aliphatic carbocycles. The number of hydrogen-bond donors (Lipinski definition) is 3. The summed E-state index contributed by atoms with van der Waals surface area (Å²) < 4.78 is 0. The zero-order valence-corrected chi connectivity index (χ0v) is 10.6. The molecular weight excluding hydrogens is 216 g/mol. The molecule has 0 bridgehead atoms. The van der Waals surface area contributed by atoms with Crippen LogP contribution in [0.4, 0.5) is 0 Å². The summed E-state index contributed by atoms with van der Waals surface area (Å²) in [4.78, 5) is 11.8. The molecule has 1 amide bonds. The van der Waals surface area contributed by atoms with Gasteiger partial charge in [0.2, 0.25) is 0 Å². The fourth-order valence-corrected chi connectivity index (χ4v) is 1.50. The highest BCUT2D eigenvalue weighted by atomic mass is 16.3. The van der Waals surface area contributed by atoms with E-state index in [4.69, 9.17) is 0 Å². The molecule has 3 N–H and O–H groups in total. The molecule has 1 rings (SSSR count). The Hall–Kier alpha value is -1.55. The van der Waals surface area contributed by atoms with E-state index in [0.717, 1.165) is 6.54 Å². The van der Waals surface area contributed by atoms with Crippen molar-refractivity contribution in [2.45, 2.75) is 26.8 Å². The zero-order valence-electron chi connectivity index (χ0n) is 10.6. The fourth-order valence-electron chi connectivity index (χ4n) is 1.50. The summed E-state index contributed by atoms with van der Waals surface area (Å²) >= 11 is 0. The van der Waals surface area contributed by atoms with E-state index in [1.807, 2.05) is 0 Å². The highest BCUT2D eigenvalue weighted by Crippen LogP contribution is 2.19. The smallest absolute Gasteiger partial charge is 0.251 e. The number of amides is 1. The van der Waals surface area contributed by atoms with Crippen molar-refractivity contribution in [2.24, 2.45) is 0 Å². The summed E-state index contributed by atoms with van der Waals surface area (Å²) in [6.45, 7) is 7.16. The number of phenolic OH excluding ortho intramolecular Hbond substituents is 1. The van der Waals surface area contributed by atoms with E-state index in [0.29, 0.717) is 23.7 Å². The lowest BCUT2D eigenvalue weighted by molar-refractivity contribution is 0.0952. The lowest BCUT2D eigenvalue weighted by atomic mass is 10.1. The fraction of sp³-hybridized carbons (Fsp3) is 0.462. The molecule has 0 aromatic heterocycles. The van der Waals surface area contributed by atoms with Crippen LogP contribution in [0.3, 0.4) is 0 Å². The Kier molecular flexibility index (Phi) is 4.97. The average Bonchev–Trinajstić information content (AvgIpc) is 2.27. The minimum absolute atomic E-state index is 0.149. The van der Waals surface area contributed by atoms with Crippen molar-refractivity contribution in [3.05, 3.63) is 29.3 Å². The molecule has 0 heterocycles. The minimum Gasteiger partial charge on any atom is -0.508 e. The van der Waals surface area contributed by atoms with E-state index in [-0.39, 0.29) is 11.7 Å². The van der Waals surface area contributed by atoms with Gasteiger partial charge in [-0.2, -0.15) is 0 Å². The van der Waals surface area contributed by atoms with Crippen LogP contribution >= 0.6 is 0 Å². The normalized spacial score (nSPS) is 10.6. The molecule has 0 aliphatic heterocycles. The number of hydrogen-bond acceptors (Lipinski definition) is 3. The molecule has 1 aromatic rings. The Bertz CT molecular complexity index is 389. The van der Waals surface area contributed by atoms with Gasteiger partial charge in [0.05, 0.1) is 0 Å². The Morgan fingerprint density at radius 1 is 1.35 bits per heavy atom. The van der Waals surface area contributed by atoms with Crippen molar-refractivity contribution in [3.8, 4) is 5.75 Å². The van der Waals surface area contributed by atoms with Crippen molar-refractivity contribution in [1.82, 2.24) is 10.6 Å². The van der Waals surface area contributed by atoms with Gasteiger partial charge in [0.25, 0.3) is 5.91 Å². The van der Waals surface area contributed by atoms with Crippen LogP contribution in [0.5, 0.6) is 5.75 Å². The Labute approximate surface area is 102 Å². The average molecular weight is 236 g/mol. The van der Waals surface area contributed by atoms with Crippen molar-refractivity contribution in [2.75, 3.05) is 13.1 Å². The first-order valence-corrected chi connectivity index (χ1v) is 5.82. The van der Waals surface area contributed by atoms with Crippen molar-refractivity contribution in [1.29, 1.82) is 0 Å². The minimum atomic E-state index is -0.149. The maximum atomic E-state index is 11.8. The van der Waals surface area contributed by atoms with Crippen molar-refractivity contribution >= 4 is 5.91 Å². The van der Waals surface area contributed by atoms with E-state index in [2.05, 4.69) is 24.5 Å². The van der Waals surface area contributed by atoms with Crippen molar-refractivity contribution in [3.63, 3.8) is 0 Å². The van der Waals surface area contributed by atoms with E-state index in [1.165, 1.54) is 0 Å². The van der Waals surface area contributed by atoms with Gasteiger partial charge in [-0.05, 0) is 19.1 Å². The second kappa shape index (κ2) is 6.25. The van der Waals surface area contributed by atoms with Gasteiger partial charge in [0, 0.05) is 30.3 Å². The first-order valence-electron chi connectivity index (χ1n) is 5.82. The van der Waals surface area contributed by atoms with Gasteiger partial charge in [0.1, 0.15) is 5.75 Å². The second-order valence-electron chi connectivity index (χ2n) is 4.31. The van der Waals surface area contributed by atoms with E-state index >= 15 is 0 Å². The Morgan fingerprint density at radius 3 is 2.71 bits per heavy atom. The first kappa shape index (κ1) is 13.5. The number of rotatable bonds is 5. The number of nitrogens with one attached hydrogen (secondary N) is 2. The third-order valence-electron chi connectivity index (χ3n) is 2.51. The van der Waals surface area contributed by atoms with Gasteiger partial charge in [0.15, 0.2) is 0 Å². The highest BCUT2D eigenvalue weighted by molar-refractivity contribution is 5.96. The second-order valence-corrected chi connectivity index (χ2v) is 4.31. The van der Waals surface area contributed by atoms with Crippen molar-refractivity contribution < 1.29 is 9.90 Å². The third-order valence-corrected chi connectivity index (χ3v) is 2.51. The van der Waals surface area contributed by atoms with Gasteiger partial charge < -0.3 is 15.7 Å². The monoisotopic (exact) mass is 236 g/mol. The number of carbonyl (C=O) groups is 1. The standard InChI is InChI=1S/C13H20N2O2/c1-9(2)14-7-8-15-13(17)11-5-4-6-12(16)10(11)3/h4-6,9,14,16H,7-8H2,1-3H3,(H,15,17). The molecule has 0 fully saturated rings. The Morgan fingerprint density at radius 2 is 2.06 bits per heavy atom. The summed E-state index contributed by atoms with van der Waals surface area (Å²) in [5.41, 5.74) is 1.14. The molecule has 0 saturated carbocycles. The largest absolute Gasteiger partial charge is 0.508 e. The number of phenols is 1. The quantitative estimate of drug-likeness (QED) is 0.678. The van der Waals surface area contributed by atoms with Crippen LogP contribution < -0.4 is 10.6 Å². The molecule has 1 aromatic carbocycles. The van der Waals surface area contributed by atoms with Crippen LogP contribution in [-0.2, 0) is 0 Å². The molecule has 17 heavy (non-hydrogen) atoms. The summed E-state index contributed by atoms with van der Waals surface area (Å²) in [6, 6.07) is 5.37. The maximum Gasteiger partial charge on any atom is 0.251 e. The third kappa shape index (κ3) is 4.07. The maximum absolute atomic E-state index is 11.8. The predicted octanol–water partition coefficient (Wildman–Crippen LogP) is 1.43. The molecule has 4 nitrogen and oxygen atoms in total. The Balaban J connectivity index is 2.50. The van der Waals surface area contributed by atoms with E-state index in [9.17, 15) is 9.90 Å². The summed E-state index contributed by atoms with van der Waals surface area (Å²) in [7, 11) is 0. The van der Waals surface area contributed by atoms with Crippen LogP contribution in [0.2, 0.25) is 0 Å². The molecule has 0 spiro atoms. The number of aromatic hydroxyl groups is 1. The van der Waals surface area contributed by atoms with E-state index in [1.54, 1.807) is 25.1 Å². The molecule has 94 valence electrons. The number of benzene rings is 1. The van der Waals surface area contributed by atoms with Gasteiger partial charge >= 0.3 is 0 Å². The van der Waals surface area contributed by atoms with Gasteiger partial charge in [-0.1, -0.05) is 19.9 Å². The highest BCUT2D eigenvalue weighted by Gasteiger charge is 2.10. The molecule has 0 unspecified atom stereocenters. The molecule has 4 heteroatoms. The molecular formula is C13H20N2O2. The van der Waals surface area contributed by atoms with Crippen LogP contribution in [0, 0.1) is 6.92 Å².